The van der Waals surface area contributed by atoms with Crippen molar-refractivity contribution in [1.29, 1.82) is 0 Å². The van der Waals surface area contributed by atoms with E-state index in [2.05, 4.69) is 17.4 Å². The molecular formula is C20H21NO3. The molecule has 0 bridgehead atoms. The van der Waals surface area contributed by atoms with E-state index in [0.29, 0.717) is 13.0 Å². The molecule has 3 rings (SSSR count). The zero-order valence-electron chi connectivity index (χ0n) is 13.4. The van der Waals surface area contributed by atoms with Gasteiger partial charge in [-0.15, -0.1) is 0 Å². The van der Waals surface area contributed by atoms with Crippen molar-refractivity contribution in [3.05, 3.63) is 72.0 Å². The second-order valence-electron chi connectivity index (χ2n) is 5.95. The number of aliphatic carboxylic acids is 1. The number of fused-ring (bicyclic) bond motifs is 1. The lowest BCUT2D eigenvalue weighted by Gasteiger charge is -2.17. The number of benzene rings is 2. The Morgan fingerprint density at radius 1 is 1.08 bits per heavy atom. The molecule has 2 N–H and O–H groups in total. The summed E-state index contributed by atoms with van der Waals surface area (Å²) in [6.45, 7) is 0.589. The molecule has 4 nitrogen and oxygen atoms in total. The predicted octanol–water partition coefficient (Wildman–Crippen LogP) is 4.00. The van der Waals surface area contributed by atoms with Crippen LogP contribution in [-0.4, -0.2) is 17.1 Å². The van der Waals surface area contributed by atoms with Gasteiger partial charge in [-0.3, -0.25) is 4.79 Å². The van der Waals surface area contributed by atoms with Gasteiger partial charge in [0.25, 0.3) is 0 Å². The molecule has 124 valence electrons. The molecule has 0 aliphatic rings. The van der Waals surface area contributed by atoms with Crippen molar-refractivity contribution in [3.63, 3.8) is 0 Å². The second kappa shape index (κ2) is 7.79. The topological polar surface area (TPSA) is 62.5 Å². The molecule has 0 fully saturated rings. The fourth-order valence-electron chi connectivity index (χ4n) is 2.84. The summed E-state index contributed by atoms with van der Waals surface area (Å²) in [5.74, 6) is 0.100. The van der Waals surface area contributed by atoms with Crippen molar-refractivity contribution >= 4 is 16.9 Å². The highest BCUT2D eigenvalue weighted by Gasteiger charge is 2.13. The minimum Gasteiger partial charge on any atom is -0.481 e. The van der Waals surface area contributed by atoms with Crippen LogP contribution in [0.5, 0.6) is 0 Å². The summed E-state index contributed by atoms with van der Waals surface area (Å²) in [6, 6.07) is 20.2. The lowest BCUT2D eigenvalue weighted by molar-refractivity contribution is -0.137. The second-order valence-corrected chi connectivity index (χ2v) is 5.95. The van der Waals surface area contributed by atoms with Crippen molar-refractivity contribution in [2.24, 2.45) is 0 Å². The summed E-state index contributed by atoms with van der Waals surface area (Å²) in [6.07, 6.45) is 1.55. The fraction of sp³-hybridized carbons (Fsp3) is 0.250. The van der Waals surface area contributed by atoms with Crippen LogP contribution >= 0.6 is 0 Å². The minimum absolute atomic E-state index is 0.0942. The smallest absolute Gasteiger partial charge is 0.303 e. The molecule has 4 heteroatoms. The first-order chi connectivity index (χ1) is 11.7. The number of carboxylic acid groups (broad SMARTS) is 1. The van der Waals surface area contributed by atoms with Gasteiger partial charge in [-0.1, -0.05) is 48.5 Å². The van der Waals surface area contributed by atoms with Crippen LogP contribution in [0.4, 0.5) is 0 Å². The molecule has 0 saturated heterocycles. The van der Waals surface area contributed by atoms with Gasteiger partial charge in [-0.2, -0.15) is 0 Å². The predicted molar refractivity (Wildman–Crippen MR) is 93.9 cm³/mol. The van der Waals surface area contributed by atoms with Crippen molar-refractivity contribution < 1.29 is 14.3 Å². The first-order valence-corrected chi connectivity index (χ1v) is 8.17. The van der Waals surface area contributed by atoms with E-state index in [9.17, 15) is 4.79 Å². The van der Waals surface area contributed by atoms with Gasteiger partial charge in [0.05, 0.1) is 6.54 Å². The van der Waals surface area contributed by atoms with Crippen LogP contribution in [0.15, 0.2) is 65.1 Å². The standard InChI is InChI=1S/C20H21NO3/c22-20(23)11-10-17(12-15-6-2-1-3-7-15)21-14-18-13-16-8-4-5-9-19(16)24-18/h1-9,13,17,21H,10-12,14H2,(H,22,23). The molecule has 0 saturated carbocycles. The maximum Gasteiger partial charge on any atom is 0.303 e. The van der Waals surface area contributed by atoms with Crippen LogP contribution in [0.2, 0.25) is 0 Å². The molecule has 3 aromatic rings. The number of hydrogen-bond donors (Lipinski definition) is 2. The van der Waals surface area contributed by atoms with Gasteiger partial charge in [0, 0.05) is 17.8 Å². The van der Waals surface area contributed by atoms with Crippen LogP contribution in [0.3, 0.4) is 0 Å². The van der Waals surface area contributed by atoms with Crippen LogP contribution in [0, 0.1) is 0 Å². The SMILES string of the molecule is O=C(O)CCC(Cc1ccccc1)NCc1cc2ccccc2o1. The lowest BCUT2D eigenvalue weighted by Crippen LogP contribution is -2.31. The third kappa shape index (κ3) is 4.46. The first kappa shape index (κ1) is 16.3. The molecule has 0 aliphatic carbocycles. The molecule has 1 atom stereocenters. The molecule has 0 spiro atoms. The molecule has 0 radical (unpaired) electrons. The van der Waals surface area contributed by atoms with Crippen LogP contribution in [-0.2, 0) is 17.8 Å². The Kier molecular flexibility index (Phi) is 5.29. The van der Waals surface area contributed by atoms with Crippen molar-refractivity contribution in [2.75, 3.05) is 0 Å². The number of hydrogen-bond acceptors (Lipinski definition) is 3. The van der Waals surface area contributed by atoms with E-state index in [1.54, 1.807) is 0 Å². The number of nitrogens with one attached hydrogen (secondary N) is 1. The summed E-state index contributed by atoms with van der Waals surface area (Å²) < 4.78 is 5.82. The molecule has 0 amide bonds. The Bertz CT molecular complexity index is 762. The maximum atomic E-state index is 10.9. The highest BCUT2D eigenvalue weighted by molar-refractivity contribution is 5.77. The number of carbonyl (C=O) groups is 1. The molecule has 1 unspecified atom stereocenters. The summed E-state index contributed by atoms with van der Waals surface area (Å²) >= 11 is 0. The molecule has 2 aromatic carbocycles. The van der Waals surface area contributed by atoms with E-state index in [1.165, 1.54) is 5.56 Å². The van der Waals surface area contributed by atoms with Crippen LogP contribution in [0.1, 0.15) is 24.2 Å². The molecule has 0 aliphatic heterocycles. The quantitative estimate of drug-likeness (QED) is 0.658. The van der Waals surface area contributed by atoms with Crippen LogP contribution in [0.25, 0.3) is 11.0 Å². The average molecular weight is 323 g/mol. The normalized spacial score (nSPS) is 12.3. The van der Waals surface area contributed by atoms with Gasteiger partial charge in [0.15, 0.2) is 0 Å². The zero-order chi connectivity index (χ0) is 16.8. The molecule has 24 heavy (non-hydrogen) atoms. The fourth-order valence-corrected chi connectivity index (χ4v) is 2.84. The average Bonchev–Trinajstić information content (AvgIpc) is 3.01. The Hall–Kier alpha value is -2.59. The van der Waals surface area contributed by atoms with Crippen LogP contribution < -0.4 is 5.32 Å². The minimum atomic E-state index is -0.765. The van der Waals surface area contributed by atoms with Gasteiger partial charge in [-0.05, 0) is 30.5 Å². The van der Waals surface area contributed by atoms with Crippen molar-refractivity contribution in [3.8, 4) is 0 Å². The van der Waals surface area contributed by atoms with Gasteiger partial charge >= 0.3 is 5.97 Å². The Morgan fingerprint density at radius 3 is 2.58 bits per heavy atom. The Balaban J connectivity index is 1.64. The van der Waals surface area contributed by atoms with E-state index >= 15 is 0 Å². The van der Waals surface area contributed by atoms with Gasteiger partial charge in [-0.25, -0.2) is 0 Å². The van der Waals surface area contributed by atoms with Crippen molar-refractivity contribution in [1.82, 2.24) is 5.32 Å². The number of rotatable bonds is 8. The Labute approximate surface area is 141 Å². The van der Waals surface area contributed by atoms with Crippen molar-refractivity contribution in [2.45, 2.75) is 31.8 Å². The van der Waals surface area contributed by atoms with E-state index in [4.69, 9.17) is 9.52 Å². The van der Waals surface area contributed by atoms with E-state index in [0.717, 1.165) is 23.2 Å². The first-order valence-electron chi connectivity index (χ1n) is 8.17. The number of para-hydroxylation sites is 1. The summed E-state index contributed by atoms with van der Waals surface area (Å²) in [4.78, 5) is 10.9. The monoisotopic (exact) mass is 323 g/mol. The van der Waals surface area contributed by atoms with E-state index in [-0.39, 0.29) is 12.5 Å². The zero-order valence-corrected chi connectivity index (χ0v) is 13.4. The summed E-state index contributed by atoms with van der Waals surface area (Å²) in [5, 5.41) is 13.5. The van der Waals surface area contributed by atoms with Gasteiger partial charge in [0.1, 0.15) is 11.3 Å². The highest BCUT2D eigenvalue weighted by Crippen LogP contribution is 2.19. The van der Waals surface area contributed by atoms with Gasteiger partial charge < -0.3 is 14.8 Å². The third-order valence-corrected chi connectivity index (χ3v) is 4.07. The number of carboxylic acids is 1. The Morgan fingerprint density at radius 2 is 1.83 bits per heavy atom. The third-order valence-electron chi connectivity index (χ3n) is 4.07. The largest absolute Gasteiger partial charge is 0.481 e. The molecular weight excluding hydrogens is 302 g/mol. The molecule has 1 aromatic heterocycles. The van der Waals surface area contributed by atoms with E-state index in [1.807, 2.05) is 48.5 Å². The summed E-state index contributed by atoms with van der Waals surface area (Å²) in [7, 11) is 0. The number of furan rings is 1. The highest BCUT2D eigenvalue weighted by atomic mass is 16.4. The van der Waals surface area contributed by atoms with E-state index < -0.39 is 5.97 Å². The summed E-state index contributed by atoms with van der Waals surface area (Å²) in [5.41, 5.74) is 2.07. The lowest BCUT2D eigenvalue weighted by atomic mass is 10.0. The molecule has 1 heterocycles. The van der Waals surface area contributed by atoms with Gasteiger partial charge in [0.2, 0.25) is 0 Å². The maximum absolute atomic E-state index is 10.9.